The van der Waals surface area contributed by atoms with Crippen molar-refractivity contribution in [3.63, 3.8) is 0 Å². The molecule has 0 radical (unpaired) electrons. The number of fused-ring (bicyclic) bond motifs is 1. The quantitative estimate of drug-likeness (QED) is 0.398. The molecule has 7 heteroatoms. The van der Waals surface area contributed by atoms with Gasteiger partial charge in [-0.05, 0) is 34.7 Å². The van der Waals surface area contributed by atoms with Gasteiger partial charge in [-0.15, -0.1) is 35.3 Å². The molecular weight excluding hydrogens is 471 g/mol. The fourth-order valence-electron chi connectivity index (χ4n) is 3.91. The van der Waals surface area contributed by atoms with Crippen LogP contribution in [0.25, 0.3) is 10.1 Å². The number of benzene rings is 1. The maximum Gasteiger partial charge on any atom is 0.194 e. The molecule has 0 amide bonds. The molecule has 27 heavy (non-hydrogen) atoms. The van der Waals surface area contributed by atoms with Gasteiger partial charge in [0.2, 0.25) is 0 Å². The second kappa shape index (κ2) is 10.0. The standard InChI is InChI=1S/C20H28N4OS.HI/c1-21-20(22-12-17-15-26-19-5-3-2-4-18(17)19)24-9-7-23(8-10-24)13-16-6-11-25-14-16;/h2-5,15-16H,6-14H2,1H3,(H,21,22);1H. The third kappa shape index (κ3) is 5.13. The summed E-state index contributed by atoms with van der Waals surface area (Å²) in [5.41, 5.74) is 1.35. The Hall–Kier alpha value is -0.900. The van der Waals surface area contributed by atoms with E-state index in [0.29, 0.717) is 0 Å². The number of hydrogen-bond donors (Lipinski definition) is 1. The zero-order valence-corrected chi connectivity index (χ0v) is 19.0. The van der Waals surface area contributed by atoms with Gasteiger partial charge in [-0.1, -0.05) is 18.2 Å². The number of halogens is 1. The molecule has 4 rings (SSSR count). The fraction of sp³-hybridized carbons (Fsp3) is 0.550. The van der Waals surface area contributed by atoms with Crippen molar-refractivity contribution in [2.24, 2.45) is 10.9 Å². The normalized spacial score (nSPS) is 21.4. The number of thiophene rings is 1. The van der Waals surface area contributed by atoms with Gasteiger partial charge < -0.3 is 15.0 Å². The highest BCUT2D eigenvalue weighted by molar-refractivity contribution is 14.0. The average Bonchev–Trinajstić information content (AvgIpc) is 3.33. The highest BCUT2D eigenvalue weighted by Crippen LogP contribution is 2.25. The van der Waals surface area contributed by atoms with Crippen molar-refractivity contribution in [2.75, 3.05) is 53.0 Å². The van der Waals surface area contributed by atoms with E-state index in [-0.39, 0.29) is 24.0 Å². The highest BCUT2D eigenvalue weighted by Gasteiger charge is 2.24. The smallest absolute Gasteiger partial charge is 0.194 e. The predicted molar refractivity (Wildman–Crippen MR) is 124 cm³/mol. The number of ether oxygens (including phenoxy) is 1. The molecule has 1 unspecified atom stereocenters. The summed E-state index contributed by atoms with van der Waals surface area (Å²) in [5.74, 6) is 1.75. The van der Waals surface area contributed by atoms with Crippen LogP contribution >= 0.6 is 35.3 Å². The highest BCUT2D eigenvalue weighted by atomic mass is 127. The van der Waals surface area contributed by atoms with Gasteiger partial charge in [-0.3, -0.25) is 9.89 Å². The molecule has 0 saturated carbocycles. The molecule has 1 atom stereocenters. The topological polar surface area (TPSA) is 40.1 Å². The Morgan fingerprint density at radius 3 is 2.81 bits per heavy atom. The van der Waals surface area contributed by atoms with E-state index >= 15 is 0 Å². The van der Waals surface area contributed by atoms with E-state index < -0.39 is 0 Å². The van der Waals surface area contributed by atoms with E-state index in [2.05, 4.69) is 49.8 Å². The summed E-state index contributed by atoms with van der Waals surface area (Å²) < 4.78 is 6.86. The van der Waals surface area contributed by atoms with Crippen LogP contribution in [0.1, 0.15) is 12.0 Å². The summed E-state index contributed by atoms with van der Waals surface area (Å²) in [6, 6.07) is 8.61. The van der Waals surface area contributed by atoms with Crippen molar-refractivity contribution in [3.05, 3.63) is 35.2 Å². The minimum absolute atomic E-state index is 0. The summed E-state index contributed by atoms with van der Waals surface area (Å²) in [6.45, 7) is 8.19. The molecule has 0 spiro atoms. The van der Waals surface area contributed by atoms with Crippen molar-refractivity contribution in [3.8, 4) is 0 Å². The lowest BCUT2D eigenvalue weighted by molar-refractivity contribution is 0.139. The lowest BCUT2D eigenvalue weighted by Gasteiger charge is -2.37. The first kappa shape index (κ1) is 20.8. The molecule has 2 aromatic rings. The molecule has 2 saturated heterocycles. The third-order valence-corrected chi connectivity index (χ3v) is 6.43. The van der Waals surface area contributed by atoms with Crippen LogP contribution in [-0.2, 0) is 11.3 Å². The Kier molecular flexibility index (Phi) is 7.75. The van der Waals surface area contributed by atoms with Gasteiger partial charge in [0.25, 0.3) is 0 Å². The Morgan fingerprint density at radius 2 is 2.07 bits per heavy atom. The lowest BCUT2D eigenvalue weighted by atomic mass is 10.1. The molecule has 1 aromatic carbocycles. The van der Waals surface area contributed by atoms with Crippen molar-refractivity contribution < 1.29 is 4.74 Å². The fourth-order valence-corrected chi connectivity index (χ4v) is 4.87. The van der Waals surface area contributed by atoms with Crippen LogP contribution in [-0.4, -0.2) is 68.7 Å². The molecule has 1 aromatic heterocycles. The number of aliphatic imine (C=N–C) groups is 1. The summed E-state index contributed by atoms with van der Waals surface area (Å²) in [4.78, 5) is 9.48. The largest absolute Gasteiger partial charge is 0.381 e. The first-order valence-electron chi connectivity index (χ1n) is 9.54. The van der Waals surface area contributed by atoms with Gasteiger partial charge in [0.05, 0.1) is 6.61 Å². The maximum absolute atomic E-state index is 5.51. The molecule has 0 aliphatic carbocycles. The van der Waals surface area contributed by atoms with Crippen LogP contribution in [0.15, 0.2) is 34.6 Å². The number of nitrogens with one attached hydrogen (secondary N) is 1. The summed E-state index contributed by atoms with van der Waals surface area (Å²) in [5, 5.41) is 7.17. The molecule has 3 heterocycles. The van der Waals surface area contributed by atoms with Crippen molar-refractivity contribution >= 4 is 51.4 Å². The Morgan fingerprint density at radius 1 is 1.26 bits per heavy atom. The lowest BCUT2D eigenvalue weighted by Crippen LogP contribution is -2.53. The molecule has 2 aliphatic heterocycles. The summed E-state index contributed by atoms with van der Waals surface area (Å²) in [6.07, 6.45) is 1.22. The second-order valence-electron chi connectivity index (χ2n) is 7.18. The van der Waals surface area contributed by atoms with Gasteiger partial charge in [-0.2, -0.15) is 0 Å². The van der Waals surface area contributed by atoms with Crippen molar-refractivity contribution in [2.45, 2.75) is 13.0 Å². The van der Waals surface area contributed by atoms with Crippen LogP contribution in [0.3, 0.4) is 0 Å². The van der Waals surface area contributed by atoms with Crippen LogP contribution in [0.5, 0.6) is 0 Å². The van der Waals surface area contributed by atoms with E-state index in [1.165, 1.54) is 28.6 Å². The number of hydrogen-bond acceptors (Lipinski definition) is 4. The van der Waals surface area contributed by atoms with Gasteiger partial charge in [-0.25, -0.2) is 0 Å². The SMILES string of the molecule is CN=C(NCc1csc2ccccc12)N1CCN(CC2CCOC2)CC1.I. The van der Waals surface area contributed by atoms with E-state index in [4.69, 9.17) is 4.74 Å². The van der Waals surface area contributed by atoms with E-state index in [1.54, 1.807) is 0 Å². The number of rotatable bonds is 4. The zero-order valence-electron chi connectivity index (χ0n) is 15.9. The van der Waals surface area contributed by atoms with E-state index in [1.807, 2.05) is 18.4 Å². The van der Waals surface area contributed by atoms with Crippen LogP contribution in [0.4, 0.5) is 0 Å². The Balaban J connectivity index is 0.00000210. The van der Waals surface area contributed by atoms with Gasteiger partial charge in [0.1, 0.15) is 0 Å². The minimum Gasteiger partial charge on any atom is -0.381 e. The van der Waals surface area contributed by atoms with E-state index in [9.17, 15) is 0 Å². The van der Waals surface area contributed by atoms with Crippen LogP contribution in [0.2, 0.25) is 0 Å². The molecular formula is C20H29IN4OS. The van der Waals surface area contributed by atoms with Gasteiger partial charge in [0, 0.05) is 57.6 Å². The second-order valence-corrected chi connectivity index (χ2v) is 8.09. The average molecular weight is 500 g/mol. The Labute approximate surface area is 182 Å². The zero-order chi connectivity index (χ0) is 17.8. The van der Waals surface area contributed by atoms with Crippen LogP contribution in [0, 0.1) is 5.92 Å². The first-order valence-corrected chi connectivity index (χ1v) is 10.4. The number of nitrogens with zero attached hydrogens (tertiary/aromatic N) is 3. The van der Waals surface area contributed by atoms with Gasteiger partial charge >= 0.3 is 0 Å². The number of guanidine groups is 1. The third-order valence-electron chi connectivity index (χ3n) is 5.42. The molecule has 2 aliphatic rings. The molecule has 1 N–H and O–H groups in total. The molecule has 5 nitrogen and oxygen atoms in total. The Bertz CT molecular complexity index is 751. The number of piperazine rings is 1. The minimum atomic E-state index is 0. The summed E-state index contributed by atoms with van der Waals surface area (Å²) >= 11 is 1.81. The maximum atomic E-state index is 5.51. The monoisotopic (exact) mass is 500 g/mol. The van der Waals surface area contributed by atoms with Crippen LogP contribution < -0.4 is 5.32 Å². The molecule has 2 fully saturated rings. The van der Waals surface area contributed by atoms with Crippen molar-refractivity contribution in [1.82, 2.24) is 15.1 Å². The van der Waals surface area contributed by atoms with E-state index in [0.717, 1.165) is 57.8 Å². The predicted octanol–water partition coefficient (Wildman–Crippen LogP) is 3.25. The molecule has 0 bridgehead atoms. The van der Waals surface area contributed by atoms with Crippen molar-refractivity contribution in [1.29, 1.82) is 0 Å². The first-order chi connectivity index (χ1) is 12.8. The summed E-state index contributed by atoms with van der Waals surface area (Å²) in [7, 11) is 1.89. The van der Waals surface area contributed by atoms with Gasteiger partial charge in [0.15, 0.2) is 5.96 Å². The molecule has 148 valence electrons.